The van der Waals surface area contributed by atoms with E-state index in [4.69, 9.17) is 9.47 Å². The van der Waals surface area contributed by atoms with Gasteiger partial charge in [0, 0.05) is 6.54 Å². The zero-order valence-electron chi connectivity index (χ0n) is 11.6. The van der Waals surface area contributed by atoms with Crippen LogP contribution < -0.4 is 9.47 Å². The molecule has 1 aliphatic carbocycles. The molecule has 0 aromatic heterocycles. The van der Waals surface area contributed by atoms with Gasteiger partial charge in [-0.05, 0) is 50.6 Å². The van der Waals surface area contributed by atoms with Crippen LogP contribution in [-0.4, -0.2) is 43.9 Å². The predicted octanol–water partition coefficient (Wildman–Crippen LogP) is 1.62. The molecule has 0 radical (unpaired) electrons. The third kappa shape index (κ3) is 2.42. The topological polar surface area (TPSA) is 41.9 Å². The van der Waals surface area contributed by atoms with E-state index in [0.29, 0.717) is 25.7 Å². The number of likely N-dealkylation sites (N-methyl/N-ethyl adjacent to an activating group) is 1. The highest BCUT2D eigenvalue weighted by Crippen LogP contribution is 2.47. The molecule has 1 N–H and O–H groups in total. The summed E-state index contributed by atoms with van der Waals surface area (Å²) in [5.74, 6) is 1.89. The fraction of sp³-hybridized carbons (Fsp3) is 0.600. The highest BCUT2D eigenvalue weighted by Gasteiger charge is 2.45. The lowest BCUT2D eigenvalue weighted by molar-refractivity contribution is -0.0103. The van der Waals surface area contributed by atoms with Gasteiger partial charge in [0.1, 0.15) is 18.8 Å². The Morgan fingerprint density at radius 3 is 2.53 bits per heavy atom. The number of nitrogens with zero attached hydrogens (tertiary/aromatic N) is 1. The van der Waals surface area contributed by atoms with E-state index in [0.717, 1.165) is 29.9 Å². The maximum Gasteiger partial charge on any atom is 0.161 e. The van der Waals surface area contributed by atoms with Crippen molar-refractivity contribution in [2.75, 3.05) is 33.9 Å². The van der Waals surface area contributed by atoms with Crippen LogP contribution in [0, 0.1) is 5.92 Å². The molecule has 0 bridgehead atoms. The van der Waals surface area contributed by atoms with Crippen molar-refractivity contribution in [2.24, 2.45) is 5.92 Å². The Kier molecular flexibility index (Phi) is 3.15. The number of hydrogen-bond acceptors (Lipinski definition) is 4. The van der Waals surface area contributed by atoms with Gasteiger partial charge in [-0.1, -0.05) is 6.07 Å². The lowest BCUT2D eigenvalue weighted by atomic mass is 9.88. The molecule has 1 fully saturated rings. The van der Waals surface area contributed by atoms with Crippen LogP contribution in [-0.2, 0) is 5.60 Å². The minimum atomic E-state index is -0.778. The quantitative estimate of drug-likeness (QED) is 0.896. The van der Waals surface area contributed by atoms with Gasteiger partial charge >= 0.3 is 0 Å². The second-order valence-electron chi connectivity index (χ2n) is 5.79. The van der Waals surface area contributed by atoms with Crippen molar-refractivity contribution in [2.45, 2.75) is 18.4 Å². The lowest BCUT2D eigenvalue weighted by Gasteiger charge is -2.32. The third-order valence-electron chi connectivity index (χ3n) is 3.85. The number of rotatable bonds is 4. The predicted molar refractivity (Wildman–Crippen MR) is 72.6 cm³/mol. The molecule has 0 spiro atoms. The largest absolute Gasteiger partial charge is 0.486 e. The molecule has 4 heteroatoms. The molecule has 104 valence electrons. The number of benzene rings is 1. The second-order valence-corrected chi connectivity index (χ2v) is 5.79. The first kappa shape index (κ1) is 12.8. The van der Waals surface area contributed by atoms with E-state index >= 15 is 0 Å². The van der Waals surface area contributed by atoms with Gasteiger partial charge in [0.25, 0.3) is 0 Å². The van der Waals surface area contributed by atoms with E-state index < -0.39 is 5.60 Å². The van der Waals surface area contributed by atoms with Crippen LogP contribution in [0.25, 0.3) is 0 Å². The van der Waals surface area contributed by atoms with Gasteiger partial charge in [0.05, 0.1) is 0 Å². The third-order valence-corrected chi connectivity index (χ3v) is 3.85. The SMILES string of the molecule is CN(C)CC(O)(c1ccc2c(c1)OCCO2)C1CC1. The van der Waals surface area contributed by atoms with Gasteiger partial charge in [-0.2, -0.15) is 0 Å². The minimum absolute atomic E-state index is 0.359. The summed E-state index contributed by atoms with van der Waals surface area (Å²) in [4.78, 5) is 2.04. The van der Waals surface area contributed by atoms with Crippen LogP contribution in [0.5, 0.6) is 11.5 Å². The summed E-state index contributed by atoms with van der Waals surface area (Å²) in [5.41, 5.74) is 0.159. The van der Waals surface area contributed by atoms with E-state index in [1.165, 1.54) is 0 Å². The van der Waals surface area contributed by atoms with Gasteiger partial charge < -0.3 is 19.5 Å². The van der Waals surface area contributed by atoms with Crippen LogP contribution >= 0.6 is 0 Å². The van der Waals surface area contributed by atoms with Crippen LogP contribution in [0.4, 0.5) is 0 Å². The van der Waals surface area contributed by atoms with E-state index in [9.17, 15) is 5.11 Å². The summed E-state index contributed by atoms with van der Waals surface area (Å²) in [5, 5.41) is 11.1. The van der Waals surface area contributed by atoms with Crippen LogP contribution in [0.2, 0.25) is 0 Å². The van der Waals surface area contributed by atoms with Crippen LogP contribution in [0.15, 0.2) is 18.2 Å². The molecular formula is C15H21NO3. The maximum absolute atomic E-state index is 11.1. The van der Waals surface area contributed by atoms with Crippen molar-refractivity contribution in [3.8, 4) is 11.5 Å². The number of ether oxygens (including phenoxy) is 2. The Morgan fingerprint density at radius 1 is 1.21 bits per heavy atom. The molecule has 1 saturated carbocycles. The first-order valence-electron chi connectivity index (χ1n) is 6.87. The van der Waals surface area contributed by atoms with Gasteiger partial charge in [-0.3, -0.25) is 0 Å². The van der Waals surface area contributed by atoms with E-state index in [2.05, 4.69) is 0 Å². The Labute approximate surface area is 113 Å². The summed E-state index contributed by atoms with van der Waals surface area (Å²) in [6.45, 7) is 1.81. The first-order chi connectivity index (χ1) is 9.09. The summed E-state index contributed by atoms with van der Waals surface area (Å²) < 4.78 is 11.1. The van der Waals surface area contributed by atoms with Gasteiger partial charge in [0.15, 0.2) is 11.5 Å². The van der Waals surface area contributed by atoms with Crippen LogP contribution in [0.1, 0.15) is 18.4 Å². The molecule has 2 aliphatic rings. The van der Waals surface area contributed by atoms with Gasteiger partial charge in [-0.15, -0.1) is 0 Å². The fourth-order valence-corrected chi connectivity index (χ4v) is 2.81. The Balaban J connectivity index is 1.94. The molecule has 4 nitrogen and oxygen atoms in total. The number of hydrogen-bond donors (Lipinski definition) is 1. The van der Waals surface area contributed by atoms with Crippen molar-refractivity contribution < 1.29 is 14.6 Å². The first-order valence-corrected chi connectivity index (χ1v) is 6.87. The molecule has 1 aromatic carbocycles. The Bertz CT molecular complexity index is 470. The average Bonchev–Trinajstić information content (AvgIpc) is 3.22. The molecule has 0 saturated heterocycles. The molecule has 1 heterocycles. The normalized spacial score (nSPS) is 21.3. The van der Waals surface area contributed by atoms with Crippen molar-refractivity contribution >= 4 is 0 Å². The molecule has 1 aromatic rings. The standard InChI is InChI=1S/C15H21NO3/c1-16(2)10-15(17,11-3-4-11)12-5-6-13-14(9-12)19-8-7-18-13/h5-6,9,11,17H,3-4,7-8,10H2,1-2H3. The zero-order valence-corrected chi connectivity index (χ0v) is 11.6. The zero-order chi connectivity index (χ0) is 13.5. The average molecular weight is 263 g/mol. The van der Waals surface area contributed by atoms with Crippen molar-refractivity contribution in [1.29, 1.82) is 0 Å². The van der Waals surface area contributed by atoms with Gasteiger partial charge in [-0.25, -0.2) is 0 Å². The molecule has 1 unspecified atom stereocenters. The van der Waals surface area contributed by atoms with E-state index in [-0.39, 0.29) is 0 Å². The molecule has 0 amide bonds. The monoisotopic (exact) mass is 263 g/mol. The molecule has 3 rings (SSSR count). The summed E-state index contributed by atoms with van der Waals surface area (Å²) in [6, 6.07) is 5.82. The Morgan fingerprint density at radius 2 is 1.89 bits per heavy atom. The summed E-state index contributed by atoms with van der Waals surface area (Å²) in [7, 11) is 3.98. The number of aliphatic hydroxyl groups is 1. The van der Waals surface area contributed by atoms with E-state index in [1.54, 1.807) is 0 Å². The molecule has 1 aliphatic heterocycles. The van der Waals surface area contributed by atoms with Crippen molar-refractivity contribution in [1.82, 2.24) is 4.90 Å². The fourth-order valence-electron chi connectivity index (χ4n) is 2.81. The maximum atomic E-state index is 11.1. The summed E-state index contributed by atoms with van der Waals surface area (Å²) >= 11 is 0. The minimum Gasteiger partial charge on any atom is -0.486 e. The Hall–Kier alpha value is -1.26. The molecule has 1 atom stereocenters. The second kappa shape index (κ2) is 4.69. The lowest BCUT2D eigenvalue weighted by Crippen LogP contribution is -2.39. The highest BCUT2D eigenvalue weighted by molar-refractivity contribution is 5.46. The van der Waals surface area contributed by atoms with Crippen molar-refractivity contribution in [3.05, 3.63) is 23.8 Å². The molecular weight excluding hydrogens is 242 g/mol. The van der Waals surface area contributed by atoms with Crippen molar-refractivity contribution in [3.63, 3.8) is 0 Å². The smallest absolute Gasteiger partial charge is 0.161 e. The molecule has 19 heavy (non-hydrogen) atoms. The van der Waals surface area contributed by atoms with E-state index in [1.807, 2.05) is 37.2 Å². The summed E-state index contributed by atoms with van der Waals surface area (Å²) in [6.07, 6.45) is 2.19. The highest BCUT2D eigenvalue weighted by atomic mass is 16.6. The van der Waals surface area contributed by atoms with Crippen LogP contribution in [0.3, 0.4) is 0 Å². The number of fused-ring (bicyclic) bond motifs is 1. The van der Waals surface area contributed by atoms with Gasteiger partial charge in [0.2, 0.25) is 0 Å².